The molecule has 1 fully saturated rings. The van der Waals surface area contributed by atoms with Crippen LogP contribution in [0.4, 0.5) is 17.6 Å². The zero-order valence-corrected chi connectivity index (χ0v) is 14.6. The van der Waals surface area contributed by atoms with Gasteiger partial charge in [-0.2, -0.15) is 13.2 Å². The van der Waals surface area contributed by atoms with Gasteiger partial charge < -0.3 is 10.1 Å². The van der Waals surface area contributed by atoms with E-state index in [-0.39, 0.29) is 17.4 Å². The van der Waals surface area contributed by atoms with E-state index in [2.05, 4.69) is 23.5 Å². The minimum absolute atomic E-state index is 0.0651. The highest BCUT2D eigenvalue weighted by Gasteiger charge is 2.39. The standard InChI is InChI=1S/C16H22F4N2OS/c1-5-7-13(17)11(3)24-15(4,23-12-8-9-21-10-12)22-14(6-2)16(18,19)20/h5,7,12,21H,1,3,6,8-10H2,2,4H3/b13-7+,22-14+/t12-,15?/m1/s1. The Morgan fingerprint density at radius 3 is 2.58 bits per heavy atom. The summed E-state index contributed by atoms with van der Waals surface area (Å²) < 4.78 is 58.7. The topological polar surface area (TPSA) is 33.6 Å². The molecule has 1 rings (SSSR count). The summed E-state index contributed by atoms with van der Waals surface area (Å²) in [5.74, 6) is -0.686. The first-order chi connectivity index (χ1) is 11.1. The van der Waals surface area contributed by atoms with Crippen molar-refractivity contribution in [3.8, 4) is 0 Å². The van der Waals surface area contributed by atoms with E-state index < -0.39 is 22.8 Å². The first kappa shape index (κ1) is 20.9. The van der Waals surface area contributed by atoms with Crippen molar-refractivity contribution in [1.29, 1.82) is 0 Å². The maximum atomic E-state index is 13.8. The van der Waals surface area contributed by atoms with E-state index >= 15 is 0 Å². The van der Waals surface area contributed by atoms with E-state index in [0.29, 0.717) is 19.5 Å². The monoisotopic (exact) mass is 366 g/mol. The van der Waals surface area contributed by atoms with Crippen molar-refractivity contribution >= 4 is 17.5 Å². The van der Waals surface area contributed by atoms with Crippen LogP contribution in [0.2, 0.25) is 0 Å². The van der Waals surface area contributed by atoms with Gasteiger partial charge in [0.05, 0.1) is 6.10 Å². The van der Waals surface area contributed by atoms with E-state index in [0.717, 1.165) is 17.8 Å². The van der Waals surface area contributed by atoms with Crippen molar-refractivity contribution in [3.63, 3.8) is 0 Å². The number of nitrogens with zero attached hydrogens (tertiary/aromatic N) is 1. The van der Waals surface area contributed by atoms with Crippen LogP contribution >= 0.6 is 11.8 Å². The second kappa shape index (κ2) is 8.82. The number of hydrogen-bond donors (Lipinski definition) is 1. The molecule has 136 valence electrons. The summed E-state index contributed by atoms with van der Waals surface area (Å²) in [6.07, 6.45) is -2.20. The summed E-state index contributed by atoms with van der Waals surface area (Å²) in [7, 11) is 0. The average Bonchev–Trinajstić information content (AvgIpc) is 2.96. The van der Waals surface area contributed by atoms with Crippen LogP contribution in [0.3, 0.4) is 0 Å². The average molecular weight is 366 g/mol. The van der Waals surface area contributed by atoms with Crippen molar-refractivity contribution in [1.82, 2.24) is 5.32 Å². The second-order valence-corrected chi connectivity index (χ2v) is 6.77. The fraction of sp³-hybridized carbons (Fsp3) is 0.562. The lowest BCUT2D eigenvalue weighted by Gasteiger charge is -2.30. The third kappa shape index (κ3) is 6.41. The van der Waals surface area contributed by atoms with Gasteiger partial charge in [-0.25, -0.2) is 9.38 Å². The van der Waals surface area contributed by atoms with Crippen LogP contribution in [-0.2, 0) is 4.74 Å². The predicted octanol–water partition coefficient (Wildman–Crippen LogP) is 4.74. The summed E-state index contributed by atoms with van der Waals surface area (Å²) >= 11 is 0.719. The van der Waals surface area contributed by atoms with Gasteiger partial charge in [0.25, 0.3) is 0 Å². The Bertz CT molecular complexity index is 525. The third-order valence-corrected chi connectivity index (χ3v) is 4.25. The zero-order valence-electron chi connectivity index (χ0n) is 13.8. The summed E-state index contributed by atoms with van der Waals surface area (Å²) in [5, 5.41) is 1.44. The maximum absolute atomic E-state index is 13.8. The molecular weight excluding hydrogens is 344 g/mol. The van der Waals surface area contributed by atoms with Gasteiger partial charge in [-0.1, -0.05) is 37.9 Å². The number of halogens is 4. The van der Waals surface area contributed by atoms with Gasteiger partial charge in [-0.05, 0) is 32.4 Å². The Morgan fingerprint density at radius 1 is 1.46 bits per heavy atom. The zero-order chi connectivity index (χ0) is 18.4. The quantitative estimate of drug-likeness (QED) is 0.292. The number of aliphatic imine (C=N–C) groups is 1. The molecule has 0 aromatic heterocycles. The Kier molecular flexibility index (Phi) is 7.69. The minimum Gasteiger partial charge on any atom is -0.340 e. The molecular formula is C16H22F4N2OS. The Morgan fingerprint density at radius 2 is 2.12 bits per heavy atom. The highest BCUT2D eigenvalue weighted by Crippen LogP contribution is 2.40. The van der Waals surface area contributed by atoms with Gasteiger partial charge >= 0.3 is 6.18 Å². The number of ether oxygens (including phenoxy) is 1. The van der Waals surface area contributed by atoms with Crippen molar-refractivity contribution in [2.75, 3.05) is 13.1 Å². The van der Waals surface area contributed by atoms with E-state index in [1.807, 2.05) is 0 Å². The molecule has 0 aromatic carbocycles. The Balaban J connectivity index is 3.10. The van der Waals surface area contributed by atoms with Gasteiger partial charge in [0.15, 0.2) is 0 Å². The Hall–Kier alpha value is -1.12. The molecule has 8 heteroatoms. The fourth-order valence-corrected chi connectivity index (χ4v) is 3.14. The molecule has 0 aliphatic carbocycles. The highest BCUT2D eigenvalue weighted by atomic mass is 32.2. The molecule has 1 unspecified atom stereocenters. The largest absolute Gasteiger partial charge is 0.429 e. The number of alkyl halides is 3. The molecule has 0 bridgehead atoms. The maximum Gasteiger partial charge on any atom is 0.429 e. The van der Waals surface area contributed by atoms with Crippen LogP contribution < -0.4 is 5.32 Å². The van der Waals surface area contributed by atoms with Crippen LogP contribution in [0.1, 0.15) is 26.7 Å². The van der Waals surface area contributed by atoms with Crippen molar-refractivity contribution in [2.24, 2.45) is 4.99 Å². The summed E-state index contributed by atoms with van der Waals surface area (Å²) in [6, 6.07) is 0. The van der Waals surface area contributed by atoms with Crippen molar-refractivity contribution in [2.45, 2.75) is 44.0 Å². The van der Waals surface area contributed by atoms with Gasteiger partial charge in [0.1, 0.15) is 11.5 Å². The molecule has 0 radical (unpaired) electrons. The van der Waals surface area contributed by atoms with E-state index in [9.17, 15) is 17.6 Å². The lowest BCUT2D eigenvalue weighted by Crippen LogP contribution is -2.34. The van der Waals surface area contributed by atoms with Crippen LogP contribution in [0.15, 0.2) is 41.0 Å². The number of allylic oxidation sites excluding steroid dienone is 3. The molecule has 3 nitrogen and oxygen atoms in total. The molecule has 0 saturated carbocycles. The normalized spacial score (nSPS) is 22.3. The SMILES string of the molecule is C=C/C=C(/F)C(=C)SC(C)(/N=C(\CC)C(F)(F)F)O[C@@H]1CCNC1. The van der Waals surface area contributed by atoms with Crippen molar-refractivity contribution in [3.05, 3.63) is 36.0 Å². The molecule has 1 heterocycles. The van der Waals surface area contributed by atoms with Crippen LogP contribution in [-0.4, -0.2) is 36.1 Å². The number of thioether (sulfide) groups is 1. The highest BCUT2D eigenvalue weighted by molar-refractivity contribution is 8.04. The number of hydrogen-bond acceptors (Lipinski definition) is 4. The van der Waals surface area contributed by atoms with Gasteiger partial charge in [-0.15, -0.1) is 0 Å². The van der Waals surface area contributed by atoms with Crippen LogP contribution in [0.5, 0.6) is 0 Å². The van der Waals surface area contributed by atoms with Gasteiger partial charge in [0.2, 0.25) is 5.06 Å². The molecule has 0 amide bonds. The smallest absolute Gasteiger partial charge is 0.340 e. The predicted molar refractivity (Wildman–Crippen MR) is 90.7 cm³/mol. The van der Waals surface area contributed by atoms with Crippen LogP contribution in [0, 0.1) is 0 Å². The lowest BCUT2D eigenvalue weighted by atomic mass is 10.3. The molecule has 0 spiro atoms. The molecule has 1 N–H and O–H groups in total. The molecule has 0 aromatic rings. The molecule has 24 heavy (non-hydrogen) atoms. The number of rotatable bonds is 8. The Labute approximate surface area is 143 Å². The third-order valence-electron chi connectivity index (χ3n) is 3.24. The molecule has 2 atom stereocenters. The number of nitrogens with one attached hydrogen (secondary N) is 1. The summed E-state index contributed by atoms with van der Waals surface area (Å²) in [6.45, 7) is 10.9. The molecule has 1 aliphatic rings. The van der Waals surface area contributed by atoms with E-state index in [4.69, 9.17) is 4.74 Å². The first-order valence-electron chi connectivity index (χ1n) is 7.52. The summed E-state index contributed by atoms with van der Waals surface area (Å²) in [5.41, 5.74) is -0.954. The van der Waals surface area contributed by atoms with Crippen molar-refractivity contribution < 1.29 is 22.3 Å². The molecule has 1 saturated heterocycles. The van der Waals surface area contributed by atoms with Crippen LogP contribution in [0.25, 0.3) is 0 Å². The summed E-state index contributed by atoms with van der Waals surface area (Å²) in [4.78, 5) is 3.70. The second-order valence-electron chi connectivity index (χ2n) is 5.32. The fourth-order valence-electron chi connectivity index (χ4n) is 2.17. The molecule has 1 aliphatic heterocycles. The van der Waals surface area contributed by atoms with Gasteiger partial charge in [0, 0.05) is 11.4 Å². The van der Waals surface area contributed by atoms with E-state index in [1.165, 1.54) is 19.9 Å². The van der Waals surface area contributed by atoms with Gasteiger partial charge in [-0.3, -0.25) is 0 Å². The minimum atomic E-state index is -4.56. The first-order valence-corrected chi connectivity index (χ1v) is 8.34. The lowest BCUT2D eigenvalue weighted by molar-refractivity contribution is -0.0644. The van der Waals surface area contributed by atoms with E-state index in [1.54, 1.807) is 0 Å².